The molecular weight excluding hydrogens is 260 g/mol. The van der Waals surface area contributed by atoms with Gasteiger partial charge in [0, 0.05) is 12.5 Å². The van der Waals surface area contributed by atoms with E-state index in [1.54, 1.807) is 0 Å². The van der Waals surface area contributed by atoms with Crippen LogP contribution < -0.4 is 10.6 Å². The number of rotatable bonds is 3. The van der Waals surface area contributed by atoms with E-state index >= 15 is 0 Å². The SMILES string of the molecule is CC1CCCC(NC(=O)CC2CCNCC2)CC1.Cl. The molecule has 2 N–H and O–H groups in total. The fourth-order valence-corrected chi connectivity index (χ4v) is 3.27. The van der Waals surface area contributed by atoms with Gasteiger partial charge in [0.2, 0.25) is 5.91 Å². The maximum atomic E-state index is 12.0. The topological polar surface area (TPSA) is 41.1 Å². The maximum absolute atomic E-state index is 12.0. The fraction of sp³-hybridized carbons (Fsp3) is 0.933. The van der Waals surface area contributed by atoms with Crippen LogP contribution in [0.5, 0.6) is 0 Å². The van der Waals surface area contributed by atoms with Crippen molar-refractivity contribution in [1.29, 1.82) is 0 Å². The number of amides is 1. The van der Waals surface area contributed by atoms with Crippen LogP contribution in [0.1, 0.15) is 58.3 Å². The predicted octanol–water partition coefficient (Wildman–Crippen LogP) is 2.88. The van der Waals surface area contributed by atoms with Gasteiger partial charge in [-0.3, -0.25) is 4.79 Å². The van der Waals surface area contributed by atoms with Crippen molar-refractivity contribution in [2.24, 2.45) is 11.8 Å². The fourth-order valence-electron chi connectivity index (χ4n) is 3.27. The number of hydrogen-bond donors (Lipinski definition) is 2. The Labute approximate surface area is 123 Å². The van der Waals surface area contributed by atoms with E-state index in [0.29, 0.717) is 17.9 Å². The molecule has 1 aliphatic carbocycles. The molecule has 1 aliphatic heterocycles. The molecule has 1 amide bonds. The van der Waals surface area contributed by atoms with Crippen LogP contribution in [0.2, 0.25) is 0 Å². The number of carbonyl (C=O) groups is 1. The third-order valence-electron chi connectivity index (χ3n) is 4.56. The van der Waals surface area contributed by atoms with E-state index < -0.39 is 0 Å². The first-order valence-electron chi connectivity index (χ1n) is 7.74. The number of nitrogens with one attached hydrogen (secondary N) is 2. The highest BCUT2D eigenvalue weighted by molar-refractivity contribution is 5.85. The van der Waals surface area contributed by atoms with Crippen molar-refractivity contribution in [1.82, 2.24) is 10.6 Å². The number of halogens is 1. The van der Waals surface area contributed by atoms with Crippen LogP contribution in [0, 0.1) is 11.8 Å². The molecule has 2 aliphatic rings. The minimum absolute atomic E-state index is 0. The van der Waals surface area contributed by atoms with E-state index in [-0.39, 0.29) is 12.4 Å². The molecule has 2 fully saturated rings. The number of piperidine rings is 1. The van der Waals surface area contributed by atoms with Gasteiger partial charge < -0.3 is 10.6 Å². The molecule has 1 saturated heterocycles. The van der Waals surface area contributed by atoms with Crippen molar-refractivity contribution in [3.8, 4) is 0 Å². The number of hydrogen-bond acceptors (Lipinski definition) is 2. The van der Waals surface area contributed by atoms with Crippen molar-refractivity contribution in [2.45, 2.75) is 64.3 Å². The molecule has 19 heavy (non-hydrogen) atoms. The Hall–Kier alpha value is -0.280. The van der Waals surface area contributed by atoms with Crippen molar-refractivity contribution in [3.05, 3.63) is 0 Å². The summed E-state index contributed by atoms with van der Waals surface area (Å²) in [6.45, 7) is 4.50. The molecule has 0 aromatic rings. The predicted molar refractivity (Wildman–Crippen MR) is 81.6 cm³/mol. The highest BCUT2D eigenvalue weighted by Gasteiger charge is 2.21. The van der Waals surface area contributed by atoms with Gasteiger partial charge in [-0.1, -0.05) is 19.8 Å². The largest absolute Gasteiger partial charge is 0.353 e. The van der Waals surface area contributed by atoms with Gasteiger partial charge in [0.05, 0.1) is 0 Å². The van der Waals surface area contributed by atoms with Crippen LogP contribution in [0.3, 0.4) is 0 Å². The Morgan fingerprint density at radius 3 is 2.58 bits per heavy atom. The van der Waals surface area contributed by atoms with Crippen LogP contribution in [0.25, 0.3) is 0 Å². The number of carbonyl (C=O) groups excluding carboxylic acids is 1. The molecule has 3 nitrogen and oxygen atoms in total. The quantitative estimate of drug-likeness (QED) is 0.784. The highest BCUT2D eigenvalue weighted by Crippen LogP contribution is 2.23. The summed E-state index contributed by atoms with van der Waals surface area (Å²) in [4.78, 5) is 12.0. The van der Waals surface area contributed by atoms with Gasteiger partial charge >= 0.3 is 0 Å². The van der Waals surface area contributed by atoms with Gasteiger partial charge in [-0.05, 0) is 57.0 Å². The first kappa shape index (κ1) is 16.8. The summed E-state index contributed by atoms with van der Waals surface area (Å²) in [5.41, 5.74) is 0. The third kappa shape index (κ3) is 6.13. The van der Waals surface area contributed by atoms with E-state index in [1.165, 1.54) is 32.1 Å². The first-order valence-corrected chi connectivity index (χ1v) is 7.74. The maximum Gasteiger partial charge on any atom is 0.220 e. The monoisotopic (exact) mass is 288 g/mol. The second-order valence-corrected chi connectivity index (χ2v) is 6.28. The lowest BCUT2D eigenvalue weighted by Gasteiger charge is -2.23. The zero-order chi connectivity index (χ0) is 12.8. The van der Waals surface area contributed by atoms with Crippen LogP contribution in [0.4, 0.5) is 0 Å². The van der Waals surface area contributed by atoms with Gasteiger partial charge in [-0.15, -0.1) is 12.4 Å². The van der Waals surface area contributed by atoms with Gasteiger partial charge in [-0.2, -0.15) is 0 Å². The molecule has 0 radical (unpaired) electrons. The lowest BCUT2D eigenvalue weighted by molar-refractivity contribution is -0.123. The van der Waals surface area contributed by atoms with E-state index in [1.807, 2.05) is 0 Å². The zero-order valence-corrected chi connectivity index (χ0v) is 12.9. The summed E-state index contributed by atoms with van der Waals surface area (Å²) in [7, 11) is 0. The van der Waals surface area contributed by atoms with Gasteiger partial charge in [0.25, 0.3) is 0 Å². The minimum atomic E-state index is 0. The smallest absolute Gasteiger partial charge is 0.220 e. The normalized spacial score (nSPS) is 29.1. The molecular formula is C15H29ClN2O. The Bertz CT molecular complexity index is 267. The second-order valence-electron chi connectivity index (χ2n) is 6.28. The summed E-state index contributed by atoms with van der Waals surface area (Å²) in [6.07, 6.45) is 9.32. The zero-order valence-electron chi connectivity index (χ0n) is 12.1. The summed E-state index contributed by atoms with van der Waals surface area (Å²) >= 11 is 0. The molecule has 2 unspecified atom stereocenters. The van der Waals surface area contributed by atoms with Gasteiger partial charge in [0.15, 0.2) is 0 Å². The van der Waals surface area contributed by atoms with Gasteiger partial charge in [-0.25, -0.2) is 0 Å². The molecule has 0 aromatic heterocycles. The van der Waals surface area contributed by atoms with E-state index in [2.05, 4.69) is 17.6 Å². The summed E-state index contributed by atoms with van der Waals surface area (Å²) in [5, 5.41) is 6.62. The van der Waals surface area contributed by atoms with Crippen molar-refractivity contribution >= 4 is 18.3 Å². The molecule has 0 spiro atoms. The van der Waals surface area contributed by atoms with Crippen LogP contribution in [0.15, 0.2) is 0 Å². The molecule has 0 aromatic carbocycles. The Balaban J connectivity index is 0.00000180. The third-order valence-corrected chi connectivity index (χ3v) is 4.56. The average molecular weight is 289 g/mol. The molecule has 1 saturated carbocycles. The molecule has 4 heteroatoms. The van der Waals surface area contributed by atoms with E-state index in [9.17, 15) is 4.79 Å². The summed E-state index contributed by atoms with van der Waals surface area (Å²) in [6, 6.07) is 0.448. The summed E-state index contributed by atoms with van der Waals surface area (Å²) < 4.78 is 0. The van der Waals surface area contributed by atoms with E-state index in [0.717, 1.165) is 38.3 Å². The Morgan fingerprint density at radius 1 is 1.11 bits per heavy atom. The first-order chi connectivity index (χ1) is 8.74. The lowest BCUT2D eigenvalue weighted by atomic mass is 9.94. The van der Waals surface area contributed by atoms with Crippen molar-refractivity contribution < 1.29 is 4.79 Å². The van der Waals surface area contributed by atoms with Gasteiger partial charge in [0.1, 0.15) is 0 Å². The van der Waals surface area contributed by atoms with Crippen LogP contribution >= 0.6 is 12.4 Å². The van der Waals surface area contributed by atoms with Crippen molar-refractivity contribution in [2.75, 3.05) is 13.1 Å². The minimum Gasteiger partial charge on any atom is -0.353 e. The average Bonchev–Trinajstić information content (AvgIpc) is 2.56. The molecule has 0 bridgehead atoms. The highest BCUT2D eigenvalue weighted by atomic mass is 35.5. The molecule has 2 rings (SSSR count). The summed E-state index contributed by atoms with van der Waals surface area (Å²) in [5.74, 6) is 1.74. The lowest BCUT2D eigenvalue weighted by Crippen LogP contribution is -2.37. The Morgan fingerprint density at radius 2 is 1.84 bits per heavy atom. The molecule has 2 atom stereocenters. The molecule has 1 heterocycles. The standard InChI is InChI=1S/C15H28N2O.ClH/c1-12-3-2-4-14(6-5-12)17-15(18)11-13-7-9-16-10-8-13;/h12-14,16H,2-11H2,1H3,(H,17,18);1H. The van der Waals surface area contributed by atoms with Crippen LogP contribution in [-0.2, 0) is 4.79 Å². The van der Waals surface area contributed by atoms with E-state index in [4.69, 9.17) is 0 Å². The van der Waals surface area contributed by atoms with Crippen LogP contribution in [-0.4, -0.2) is 25.0 Å². The molecule has 112 valence electrons. The Kier molecular flexibility index (Phi) is 7.77. The second kappa shape index (κ2) is 8.80. The van der Waals surface area contributed by atoms with Crippen molar-refractivity contribution in [3.63, 3.8) is 0 Å².